The molecule has 0 aromatic heterocycles. The molecule has 0 amide bonds. The third kappa shape index (κ3) is 1.68. The van der Waals surface area contributed by atoms with Crippen LogP contribution in [0.2, 0.25) is 0 Å². The van der Waals surface area contributed by atoms with Crippen LogP contribution in [0.3, 0.4) is 0 Å². The van der Waals surface area contributed by atoms with Crippen molar-refractivity contribution in [2.45, 2.75) is 45.5 Å². The maximum atomic E-state index is 9.83. The van der Waals surface area contributed by atoms with E-state index in [-0.39, 0.29) is 17.8 Å². The number of rotatable bonds is 3. The molecule has 0 aliphatic carbocycles. The quantitative estimate of drug-likeness (QED) is 0.840. The van der Waals surface area contributed by atoms with Gasteiger partial charge in [-0.1, -0.05) is 39.8 Å². The van der Waals surface area contributed by atoms with Gasteiger partial charge in [0.15, 0.2) is 5.60 Å². The van der Waals surface area contributed by atoms with E-state index in [2.05, 4.69) is 27.7 Å². The minimum atomic E-state index is -1.06. The molecule has 5 nitrogen and oxygen atoms in total. The van der Waals surface area contributed by atoms with Crippen molar-refractivity contribution < 1.29 is 24.7 Å². The average Bonchev–Trinajstić information content (AvgIpc) is 2.54. The fraction of sp³-hybridized carbons (Fsp3) is 0.647. The number of aromatic hydroxyl groups is 1. The number of phenols is 1. The summed E-state index contributed by atoms with van der Waals surface area (Å²) in [6.07, 6.45) is 0.550. The highest BCUT2D eigenvalue weighted by molar-refractivity contribution is 5.37. The van der Waals surface area contributed by atoms with Crippen LogP contribution < -0.4 is 0 Å². The number of hydrogen-bond acceptors (Lipinski definition) is 5. The van der Waals surface area contributed by atoms with Crippen molar-refractivity contribution in [3.63, 3.8) is 0 Å². The summed E-state index contributed by atoms with van der Waals surface area (Å²) in [6, 6.07) is 6.89. The Balaban J connectivity index is 2.17. The summed E-state index contributed by atoms with van der Waals surface area (Å²) < 4.78 is 6.11. The summed E-state index contributed by atoms with van der Waals surface area (Å²) in [6.45, 7) is 8.77. The highest BCUT2D eigenvalue weighted by Crippen LogP contribution is 2.70. The predicted molar refractivity (Wildman–Crippen MR) is 79.9 cm³/mol. The second kappa shape index (κ2) is 4.68. The van der Waals surface area contributed by atoms with Gasteiger partial charge in [0.05, 0.1) is 6.61 Å². The van der Waals surface area contributed by atoms with E-state index in [1.54, 1.807) is 18.2 Å². The molecule has 1 aromatic rings. The molecule has 2 fully saturated rings. The van der Waals surface area contributed by atoms with Crippen molar-refractivity contribution in [1.29, 1.82) is 0 Å². The van der Waals surface area contributed by atoms with Gasteiger partial charge in [-0.05, 0) is 18.6 Å². The van der Waals surface area contributed by atoms with Crippen molar-refractivity contribution in [3.8, 4) is 5.75 Å². The minimum Gasteiger partial charge on any atom is -0.508 e. The zero-order valence-corrected chi connectivity index (χ0v) is 13.5. The summed E-state index contributed by atoms with van der Waals surface area (Å²) in [7, 11) is 0. The van der Waals surface area contributed by atoms with E-state index in [0.717, 1.165) is 5.56 Å². The Labute approximate surface area is 130 Å². The molecule has 0 radical (unpaired) electrons. The van der Waals surface area contributed by atoms with Gasteiger partial charge < -0.3 is 14.9 Å². The Morgan fingerprint density at radius 2 is 1.95 bits per heavy atom. The van der Waals surface area contributed by atoms with E-state index in [9.17, 15) is 10.2 Å². The fourth-order valence-corrected chi connectivity index (χ4v) is 4.25. The van der Waals surface area contributed by atoms with Gasteiger partial charge in [-0.2, -0.15) is 4.89 Å². The molecule has 2 aliphatic heterocycles. The Morgan fingerprint density at radius 3 is 2.45 bits per heavy atom. The fourth-order valence-electron chi connectivity index (χ4n) is 4.25. The number of phenolic OH excluding ortho intramolecular Hbond substituents is 1. The van der Waals surface area contributed by atoms with Gasteiger partial charge in [0.2, 0.25) is 0 Å². The number of ether oxygens (including phenoxy) is 1. The maximum Gasteiger partial charge on any atom is 0.261 e. The molecule has 2 aliphatic rings. The molecule has 122 valence electrons. The lowest BCUT2D eigenvalue weighted by Crippen LogP contribution is -2.73. The van der Waals surface area contributed by atoms with Gasteiger partial charge in [-0.15, -0.1) is 0 Å². The first-order chi connectivity index (χ1) is 10.2. The standard InChI is InChI=1S/C17H24O5/c1-14(2,3)17-15(4,8-9-18)11-20-16(17,21-22-17)12-6-5-7-13(19)10-12/h5-7,10,18-19H,8-9,11H2,1-4H3/t15-,16-,17-/m0/s1. The molecule has 22 heavy (non-hydrogen) atoms. The van der Waals surface area contributed by atoms with Crippen LogP contribution in [-0.2, 0) is 20.3 Å². The first kappa shape index (κ1) is 15.7. The molecule has 2 heterocycles. The number of benzene rings is 1. The van der Waals surface area contributed by atoms with Crippen LogP contribution in [0.25, 0.3) is 0 Å². The van der Waals surface area contributed by atoms with E-state index >= 15 is 0 Å². The van der Waals surface area contributed by atoms with Gasteiger partial charge in [-0.3, -0.25) is 0 Å². The first-order valence-corrected chi connectivity index (χ1v) is 7.64. The molecule has 0 spiro atoms. The van der Waals surface area contributed by atoms with Gasteiger partial charge >= 0.3 is 0 Å². The van der Waals surface area contributed by atoms with Crippen molar-refractivity contribution in [2.75, 3.05) is 13.2 Å². The van der Waals surface area contributed by atoms with Crippen LogP contribution in [0, 0.1) is 10.8 Å². The second-order valence-electron chi connectivity index (χ2n) is 7.59. The highest BCUT2D eigenvalue weighted by atomic mass is 17.3. The topological polar surface area (TPSA) is 68.2 Å². The van der Waals surface area contributed by atoms with Crippen molar-refractivity contribution in [1.82, 2.24) is 0 Å². The SMILES string of the molecule is CC(C)(C)[C@@]12OO[C@]1(c1cccc(O)c1)OC[C@]2(C)CCO. The number of aliphatic hydroxyl groups is 1. The zero-order valence-electron chi connectivity index (χ0n) is 13.5. The van der Waals surface area contributed by atoms with Gasteiger partial charge in [0.25, 0.3) is 5.79 Å². The Kier molecular flexibility index (Phi) is 3.35. The molecule has 1 aromatic carbocycles. The predicted octanol–water partition coefficient (Wildman–Crippen LogP) is 2.71. The molecular formula is C17H24O5. The normalized spacial score (nSPS) is 37.7. The number of hydrogen-bond donors (Lipinski definition) is 2. The summed E-state index contributed by atoms with van der Waals surface area (Å²) in [5.74, 6) is -0.905. The molecule has 5 heteroatoms. The second-order valence-corrected chi connectivity index (χ2v) is 7.59. The molecule has 3 atom stereocenters. The lowest BCUT2D eigenvalue weighted by Gasteiger charge is -2.61. The van der Waals surface area contributed by atoms with Gasteiger partial charge in [0, 0.05) is 23.0 Å². The molecular weight excluding hydrogens is 284 g/mol. The third-order valence-electron chi connectivity index (χ3n) is 5.14. The highest BCUT2D eigenvalue weighted by Gasteiger charge is 2.82. The summed E-state index contributed by atoms with van der Waals surface area (Å²) >= 11 is 0. The summed E-state index contributed by atoms with van der Waals surface area (Å²) in [5.41, 5.74) is -0.708. The van der Waals surface area contributed by atoms with Crippen LogP contribution >= 0.6 is 0 Å². The summed E-state index contributed by atoms with van der Waals surface area (Å²) in [4.78, 5) is 11.3. The maximum absolute atomic E-state index is 9.83. The monoisotopic (exact) mass is 308 g/mol. The Hall–Kier alpha value is -1.14. The third-order valence-corrected chi connectivity index (χ3v) is 5.14. The van der Waals surface area contributed by atoms with Crippen LogP contribution in [0.15, 0.2) is 24.3 Å². The molecule has 0 bridgehead atoms. The van der Waals surface area contributed by atoms with E-state index in [1.165, 1.54) is 0 Å². The Morgan fingerprint density at radius 1 is 1.23 bits per heavy atom. The lowest BCUT2D eigenvalue weighted by molar-refractivity contribution is -0.627. The van der Waals surface area contributed by atoms with Crippen LogP contribution in [0.4, 0.5) is 0 Å². The van der Waals surface area contributed by atoms with Crippen molar-refractivity contribution >= 4 is 0 Å². The van der Waals surface area contributed by atoms with E-state index in [4.69, 9.17) is 14.5 Å². The molecule has 2 N–H and O–H groups in total. The molecule has 2 saturated heterocycles. The van der Waals surface area contributed by atoms with Crippen molar-refractivity contribution in [2.24, 2.45) is 10.8 Å². The number of aliphatic hydroxyl groups excluding tert-OH is 1. The zero-order chi connectivity index (χ0) is 16.2. The largest absolute Gasteiger partial charge is 0.508 e. The van der Waals surface area contributed by atoms with Gasteiger partial charge in [-0.25, -0.2) is 4.89 Å². The first-order valence-electron chi connectivity index (χ1n) is 7.64. The Bertz CT molecular complexity index is 581. The van der Waals surface area contributed by atoms with Crippen LogP contribution in [-0.4, -0.2) is 29.0 Å². The van der Waals surface area contributed by atoms with E-state index < -0.39 is 16.8 Å². The lowest BCUT2D eigenvalue weighted by atomic mass is 9.56. The van der Waals surface area contributed by atoms with Crippen LogP contribution in [0.1, 0.15) is 39.7 Å². The van der Waals surface area contributed by atoms with Gasteiger partial charge in [0.1, 0.15) is 5.75 Å². The summed E-state index contributed by atoms with van der Waals surface area (Å²) in [5, 5.41) is 19.3. The minimum absolute atomic E-state index is 0.0527. The van der Waals surface area contributed by atoms with E-state index in [0.29, 0.717) is 13.0 Å². The smallest absolute Gasteiger partial charge is 0.261 e. The molecule has 0 unspecified atom stereocenters. The molecule has 3 rings (SSSR count). The van der Waals surface area contributed by atoms with Crippen molar-refractivity contribution in [3.05, 3.63) is 29.8 Å². The van der Waals surface area contributed by atoms with Crippen LogP contribution in [0.5, 0.6) is 5.75 Å². The average molecular weight is 308 g/mol. The molecule has 0 saturated carbocycles. The van der Waals surface area contributed by atoms with E-state index in [1.807, 2.05) is 6.07 Å². The number of fused-ring (bicyclic) bond motifs is 1.